The van der Waals surface area contributed by atoms with Crippen LogP contribution in [0.1, 0.15) is 10.4 Å². The lowest BCUT2D eigenvalue weighted by atomic mass is 10.1. The third-order valence-corrected chi connectivity index (χ3v) is 5.81. The summed E-state index contributed by atoms with van der Waals surface area (Å²) < 4.78 is 8.31. The number of benzene rings is 3. The maximum Gasteiger partial charge on any atom is 0.283 e. The van der Waals surface area contributed by atoms with Crippen LogP contribution in [0.3, 0.4) is 0 Å². The molecule has 4 nitrogen and oxygen atoms in total. The van der Waals surface area contributed by atoms with Crippen molar-refractivity contribution in [2.45, 2.75) is 6.54 Å². The van der Waals surface area contributed by atoms with E-state index in [1.54, 1.807) is 13.2 Å². The molecule has 0 saturated heterocycles. The number of para-hydroxylation sites is 1. The van der Waals surface area contributed by atoms with Gasteiger partial charge in [0.1, 0.15) is 5.75 Å². The average Bonchev–Trinajstić information content (AvgIpc) is 3.05. The number of ether oxygens (including phenoxy) is 1. The number of hydrogen-bond acceptors (Lipinski definition) is 3. The lowest BCUT2D eigenvalue weighted by Crippen LogP contribution is -2.16. The molecule has 140 valence electrons. The van der Waals surface area contributed by atoms with E-state index in [1.807, 2.05) is 59.2 Å². The van der Waals surface area contributed by atoms with Crippen LogP contribution in [0.5, 0.6) is 5.75 Å². The fraction of sp³-hybridized carbons (Fsp3) is 0.0909. The predicted molar refractivity (Wildman–Crippen MR) is 115 cm³/mol. The molecule has 0 aliphatic heterocycles. The van der Waals surface area contributed by atoms with Crippen LogP contribution < -0.4 is 9.54 Å². The van der Waals surface area contributed by atoms with Gasteiger partial charge in [0, 0.05) is 6.54 Å². The highest BCUT2D eigenvalue weighted by molar-refractivity contribution is 7.16. The standard InChI is InChI=1S/C22H17ClN2O2S/c1-3-11-25-20-17(23)9-6-10-19(20)28-22(25)24-21(26)16-12-14-7-4-5-8-15(14)13-18(16)27-2/h3-10,12-13H,1,11H2,2H3. The van der Waals surface area contributed by atoms with Crippen molar-refractivity contribution in [1.29, 1.82) is 0 Å². The molecule has 0 radical (unpaired) electrons. The Balaban J connectivity index is 1.91. The Morgan fingerprint density at radius 1 is 1.21 bits per heavy atom. The smallest absolute Gasteiger partial charge is 0.283 e. The summed E-state index contributed by atoms with van der Waals surface area (Å²) in [4.78, 5) is 18.0. The summed E-state index contributed by atoms with van der Waals surface area (Å²) in [6.07, 6.45) is 1.76. The number of fused-ring (bicyclic) bond motifs is 2. The van der Waals surface area contributed by atoms with Gasteiger partial charge in [0.15, 0.2) is 4.80 Å². The molecule has 1 aromatic heterocycles. The summed E-state index contributed by atoms with van der Waals surface area (Å²) in [6.45, 7) is 4.31. The van der Waals surface area contributed by atoms with E-state index in [2.05, 4.69) is 11.6 Å². The van der Waals surface area contributed by atoms with Gasteiger partial charge in [-0.25, -0.2) is 0 Å². The van der Waals surface area contributed by atoms with E-state index in [1.165, 1.54) is 11.3 Å². The summed E-state index contributed by atoms with van der Waals surface area (Å²) in [6, 6.07) is 17.2. The Kier molecular flexibility index (Phi) is 5.03. The molecule has 1 heterocycles. The molecule has 4 rings (SSSR count). The van der Waals surface area contributed by atoms with E-state index < -0.39 is 0 Å². The number of carbonyl (C=O) groups is 1. The molecule has 0 aliphatic carbocycles. The molecule has 6 heteroatoms. The highest BCUT2D eigenvalue weighted by Crippen LogP contribution is 2.28. The van der Waals surface area contributed by atoms with Crippen molar-refractivity contribution in [3.8, 4) is 5.75 Å². The molecule has 0 unspecified atom stereocenters. The topological polar surface area (TPSA) is 43.6 Å². The van der Waals surface area contributed by atoms with Crippen LogP contribution in [0.25, 0.3) is 21.0 Å². The lowest BCUT2D eigenvalue weighted by molar-refractivity contribution is 0.0995. The van der Waals surface area contributed by atoms with E-state index in [0.717, 1.165) is 21.0 Å². The van der Waals surface area contributed by atoms with E-state index in [4.69, 9.17) is 16.3 Å². The summed E-state index contributed by atoms with van der Waals surface area (Å²) in [5, 5.41) is 2.58. The van der Waals surface area contributed by atoms with Crippen molar-refractivity contribution in [2.24, 2.45) is 4.99 Å². The number of halogens is 1. The van der Waals surface area contributed by atoms with Gasteiger partial charge in [0.05, 0.1) is 27.9 Å². The summed E-state index contributed by atoms with van der Waals surface area (Å²) in [5.41, 5.74) is 1.28. The zero-order valence-electron chi connectivity index (χ0n) is 15.2. The van der Waals surface area contributed by atoms with Gasteiger partial charge in [0.2, 0.25) is 0 Å². The van der Waals surface area contributed by atoms with Crippen LogP contribution in [0, 0.1) is 0 Å². The molecule has 4 aromatic rings. The third kappa shape index (κ3) is 3.23. The number of thiazole rings is 1. The summed E-state index contributed by atoms with van der Waals surface area (Å²) in [5.74, 6) is 0.143. The molecule has 0 bridgehead atoms. The van der Waals surface area contributed by atoms with Gasteiger partial charge >= 0.3 is 0 Å². The molecule has 0 aliphatic rings. The SMILES string of the molecule is C=CCn1c(=NC(=O)c2cc3ccccc3cc2OC)sc2cccc(Cl)c21. The second-order valence-electron chi connectivity index (χ2n) is 6.19. The number of hydrogen-bond donors (Lipinski definition) is 0. The monoisotopic (exact) mass is 408 g/mol. The van der Waals surface area contributed by atoms with Crippen LogP contribution in [-0.2, 0) is 6.54 Å². The molecular formula is C22H17ClN2O2S. The molecular weight excluding hydrogens is 392 g/mol. The molecule has 28 heavy (non-hydrogen) atoms. The van der Waals surface area contributed by atoms with E-state index >= 15 is 0 Å². The van der Waals surface area contributed by atoms with Crippen molar-refractivity contribution < 1.29 is 9.53 Å². The zero-order chi connectivity index (χ0) is 19.7. The number of nitrogens with zero attached hydrogens (tertiary/aromatic N) is 2. The lowest BCUT2D eigenvalue weighted by Gasteiger charge is -2.08. The van der Waals surface area contributed by atoms with Crippen LogP contribution in [0.2, 0.25) is 5.02 Å². The molecule has 0 N–H and O–H groups in total. The van der Waals surface area contributed by atoms with Crippen LogP contribution >= 0.6 is 22.9 Å². The van der Waals surface area contributed by atoms with E-state index in [-0.39, 0.29) is 5.91 Å². The number of methoxy groups -OCH3 is 1. The quantitative estimate of drug-likeness (QED) is 0.422. The molecule has 3 aromatic carbocycles. The molecule has 1 amide bonds. The van der Waals surface area contributed by atoms with E-state index in [0.29, 0.717) is 27.7 Å². The van der Waals surface area contributed by atoms with Gasteiger partial charge in [-0.2, -0.15) is 4.99 Å². The number of amides is 1. The van der Waals surface area contributed by atoms with Gasteiger partial charge in [-0.05, 0) is 35.0 Å². The first kappa shape index (κ1) is 18.5. The molecule has 0 atom stereocenters. The van der Waals surface area contributed by atoms with Crippen molar-refractivity contribution >= 4 is 49.8 Å². The largest absolute Gasteiger partial charge is 0.496 e. The maximum atomic E-state index is 13.0. The third-order valence-electron chi connectivity index (χ3n) is 4.46. The normalized spacial score (nSPS) is 11.9. The Labute approximate surface area is 171 Å². The van der Waals surface area contributed by atoms with Crippen LogP contribution in [0.4, 0.5) is 0 Å². The van der Waals surface area contributed by atoms with Crippen molar-refractivity contribution in [3.63, 3.8) is 0 Å². The minimum absolute atomic E-state index is 0.358. The van der Waals surface area contributed by atoms with Crippen LogP contribution in [0.15, 0.2) is 72.2 Å². The highest BCUT2D eigenvalue weighted by atomic mass is 35.5. The Morgan fingerprint density at radius 2 is 1.96 bits per heavy atom. The van der Waals surface area contributed by atoms with E-state index in [9.17, 15) is 4.79 Å². The fourth-order valence-electron chi connectivity index (χ4n) is 3.17. The summed E-state index contributed by atoms with van der Waals surface area (Å²) >= 11 is 7.80. The number of allylic oxidation sites excluding steroid dienone is 1. The number of carbonyl (C=O) groups excluding carboxylic acids is 1. The highest BCUT2D eigenvalue weighted by Gasteiger charge is 2.15. The van der Waals surface area contributed by atoms with Crippen molar-refractivity contribution in [1.82, 2.24) is 4.57 Å². The second kappa shape index (κ2) is 7.62. The Bertz CT molecular complexity index is 1290. The first-order valence-corrected chi connectivity index (χ1v) is 9.86. The summed E-state index contributed by atoms with van der Waals surface area (Å²) in [7, 11) is 1.55. The number of rotatable bonds is 4. The van der Waals surface area contributed by atoms with Crippen molar-refractivity contribution in [3.05, 3.63) is 82.6 Å². The first-order chi connectivity index (χ1) is 13.6. The average molecular weight is 409 g/mol. The van der Waals surface area contributed by atoms with Gasteiger partial charge in [-0.1, -0.05) is 59.3 Å². The zero-order valence-corrected chi connectivity index (χ0v) is 16.8. The fourth-order valence-corrected chi connectivity index (χ4v) is 4.57. The minimum atomic E-state index is -0.358. The molecule has 0 saturated carbocycles. The van der Waals surface area contributed by atoms with Crippen LogP contribution in [-0.4, -0.2) is 17.6 Å². The Morgan fingerprint density at radius 3 is 2.68 bits per heavy atom. The van der Waals surface area contributed by atoms with Gasteiger partial charge < -0.3 is 9.30 Å². The molecule has 0 spiro atoms. The van der Waals surface area contributed by atoms with Gasteiger partial charge in [0.25, 0.3) is 5.91 Å². The van der Waals surface area contributed by atoms with Crippen molar-refractivity contribution in [2.75, 3.05) is 7.11 Å². The maximum absolute atomic E-state index is 13.0. The first-order valence-electron chi connectivity index (χ1n) is 8.67. The predicted octanol–water partition coefficient (Wildman–Crippen LogP) is 5.45. The van der Waals surface area contributed by atoms with Gasteiger partial charge in [-0.15, -0.1) is 6.58 Å². The Hall–Kier alpha value is -2.89. The minimum Gasteiger partial charge on any atom is -0.496 e. The number of aromatic nitrogens is 1. The molecule has 0 fully saturated rings. The van der Waals surface area contributed by atoms with Gasteiger partial charge in [-0.3, -0.25) is 4.79 Å². The second-order valence-corrected chi connectivity index (χ2v) is 7.60.